The minimum absolute atomic E-state index is 0.197. The van der Waals surface area contributed by atoms with Crippen LogP contribution in [0.5, 0.6) is 11.5 Å². The van der Waals surface area contributed by atoms with Crippen LogP contribution < -0.4 is 15.2 Å². The van der Waals surface area contributed by atoms with Gasteiger partial charge in [-0.3, -0.25) is 4.90 Å². The maximum absolute atomic E-state index is 5.97. The van der Waals surface area contributed by atoms with Gasteiger partial charge in [0, 0.05) is 25.0 Å². The van der Waals surface area contributed by atoms with Crippen molar-refractivity contribution in [1.29, 1.82) is 0 Å². The summed E-state index contributed by atoms with van der Waals surface area (Å²) in [6.07, 6.45) is 2.65. The van der Waals surface area contributed by atoms with E-state index in [4.69, 9.17) is 15.2 Å². The molecule has 0 radical (unpaired) electrons. The Kier molecular flexibility index (Phi) is 3.15. The van der Waals surface area contributed by atoms with E-state index in [0.29, 0.717) is 6.54 Å². The highest BCUT2D eigenvalue weighted by Gasteiger charge is 2.43. The number of likely N-dealkylation sites (tertiary alicyclic amines) is 1. The predicted molar refractivity (Wildman–Crippen MR) is 74.9 cm³/mol. The highest BCUT2D eigenvalue weighted by Crippen LogP contribution is 2.49. The van der Waals surface area contributed by atoms with Crippen LogP contribution in [0.25, 0.3) is 0 Å². The molecule has 0 bridgehead atoms. The second-order valence-corrected chi connectivity index (χ2v) is 5.81. The van der Waals surface area contributed by atoms with Gasteiger partial charge in [-0.25, -0.2) is 0 Å². The second kappa shape index (κ2) is 4.69. The molecule has 3 rings (SSSR count). The van der Waals surface area contributed by atoms with E-state index in [0.717, 1.165) is 24.6 Å². The molecule has 4 heteroatoms. The Hall–Kier alpha value is -1.26. The van der Waals surface area contributed by atoms with Gasteiger partial charge in [-0.1, -0.05) is 6.07 Å². The molecule has 0 spiro atoms. The maximum atomic E-state index is 5.97. The number of hydrogen-bond acceptors (Lipinski definition) is 4. The van der Waals surface area contributed by atoms with Crippen molar-refractivity contribution < 1.29 is 9.47 Å². The zero-order valence-electron chi connectivity index (χ0n) is 11.7. The molecule has 1 aromatic rings. The van der Waals surface area contributed by atoms with E-state index in [9.17, 15) is 0 Å². The van der Waals surface area contributed by atoms with Crippen LogP contribution in [0.1, 0.15) is 18.4 Å². The number of rotatable bonds is 5. The van der Waals surface area contributed by atoms with Crippen LogP contribution in [-0.2, 0) is 5.41 Å². The molecule has 104 valence electrons. The first-order valence-corrected chi connectivity index (χ1v) is 6.91. The Balaban J connectivity index is 1.77. The lowest BCUT2D eigenvalue weighted by atomic mass is 9.96. The molecule has 4 nitrogen and oxygen atoms in total. The highest BCUT2D eigenvalue weighted by atomic mass is 16.5. The molecule has 0 amide bonds. The van der Waals surface area contributed by atoms with Crippen molar-refractivity contribution in [2.24, 2.45) is 5.73 Å². The maximum Gasteiger partial charge on any atom is 0.161 e. The Morgan fingerprint density at radius 2 is 2.05 bits per heavy atom. The first kappa shape index (κ1) is 12.8. The van der Waals surface area contributed by atoms with Crippen molar-refractivity contribution in [3.8, 4) is 11.5 Å². The summed E-state index contributed by atoms with van der Waals surface area (Å²) in [5, 5.41) is 0. The SMILES string of the molecule is COc1cc(C2(CN)CC2)ccc1OC1CN(C)C1. The Morgan fingerprint density at radius 3 is 2.58 bits per heavy atom. The molecule has 1 aliphatic carbocycles. The van der Waals surface area contributed by atoms with Gasteiger partial charge in [0.15, 0.2) is 11.5 Å². The number of likely N-dealkylation sites (N-methyl/N-ethyl adjacent to an activating group) is 1. The summed E-state index contributed by atoms with van der Waals surface area (Å²) in [4.78, 5) is 2.24. The third-order valence-electron chi connectivity index (χ3n) is 4.34. The average Bonchev–Trinajstić information content (AvgIpc) is 3.18. The van der Waals surface area contributed by atoms with E-state index in [-0.39, 0.29) is 11.5 Å². The molecule has 2 fully saturated rings. The Labute approximate surface area is 114 Å². The van der Waals surface area contributed by atoms with E-state index in [2.05, 4.69) is 24.1 Å². The van der Waals surface area contributed by atoms with Gasteiger partial charge < -0.3 is 15.2 Å². The number of benzene rings is 1. The number of nitrogens with two attached hydrogens (primary N) is 1. The normalized spacial score (nSPS) is 21.8. The smallest absolute Gasteiger partial charge is 0.161 e. The molecule has 1 aromatic carbocycles. The molecule has 0 aromatic heterocycles. The van der Waals surface area contributed by atoms with Crippen LogP contribution in [0, 0.1) is 0 Å². The number of hydrogen-bond donors (Lipinski definition) is 1. The minimum Gasteiger partial charge on any atom is -0.493 e. The summed E-state index contributed by atoms with van der Waals surface area (Å²) < 4.78 is 11.4. The fourth-order valence-electron chi connectivity index (χ4n) is 2.75. The average molecular weight is 262 g/mol. The van der Waals surface area contributed by atoms with Crippen molar-refractivity contribution in [2.45, 2.75) is 24.4 Å². The van der Waals surface area contributed by atoms with Gasteiger partial charge in [0.05, 0.1) is 7.11 Å². The lowest BCUT2D eigenvalue weighted by Crippen LogP contribution is -2.51. The fraction of sp³-hybridized carbons (Fsp3) is 0.600. The zero-order valence-corrected chi connectivity index (χ0v) is 11.7. The molecule has 1 heterocycles. The third-order valence-corrected chi connectivity index (χ3v) is 4.34. The van der Waals surface area contributed by atoms with Crippen LogP contribution in [0.4, 0.5) is 0 Å². The third kappa shape index (κ3) is 2.30. The summed E-state index contributed by atoms with van der Waals surface area (Å²) in [5.74, 6) is 1.67. The molecule has 19 heavy (non-hydrogen) atoms. The zero-order chi connectivity index (χ0) is 13.5. The van der Waals surface area contributed by atoms with Gasteiger partial charge in [0.2, 0.25) is 0 Å². The van der Waals surface area contributed by atoms with E-state index in [1.165, 1.54) is 18.4 Å². The van der Waals surface area contributed by atoms with Crippen LogP contribution in [0.15, 0.2) is 18.2 Å². The number of methoxy groups -OCH3 is 1. The first-order chi connectivity index (χ1) is 9.16. The van der Waals surface area contributed by atoms with Gasteiger partial charge in [-0.15, -0.1) is 0 Å². The van der Waals surface area contributed by atoms with Crippen LogP contribution >= 0.6 is 0 Å². The molecule has 1 saturated heterocycles. The molecule has 1 saturated carbocycles. The van der Waals surface area contributed by atoms with Crippen molar-refractivity contribution in [3.05, 3.63) is 23.8 Å². The fourth-order valence-corrected chi connectivity index (χ4v) is 2.75. The summed E-state index contributed by atoms with van der Waals surface area (Å²) in [5.41, 5.74) is 7.36. The Morgan fingerprint density at radius 1 is 1.32 bits per heavy atom. The quantitative estimate of drug-likeness (QED) is 0.871. The molecular formula is C15H22N2O2. The molecule has 0 atom stereocenters. The van der Waals surface area contributed by atoms with Crippen molar-refractivity contribution in [1.82, 2.24) is 4.90 Å². The summed E-state index contributed by atoms with van der Waals surface area (Å²) >= 11 is 0. The van der Waals surface area contributed by atoms with Gasteiger partial charge in [0.25, 0.3) is 0 Å². The van der Waals surface area contributed by atoms with Crippen molar-refractivity contribution >= 4 is 0 Å². The van der Waals surface area contributed by atoms with Gasteiger partial charge in [-0.2, -0.15) is 0 Å². The highest BCUT2D eigenvalue weighted by molar-refractivity contribution is 5.47. The molecule has 2 N–H and O–H groups in total. The molecule has 0 unspecified atom stereocenters. The van der Waals surface area contributed by atoms with Crippen LogP contribution in [0.3, 0.4) is 0 Å². The van der Waals surface area contributed by atoms with Gasteiger partial charge in [0.1, 0.15) is 6.10 Å². The van der Waals surface area contributed by atoms with Crippen molar-refractivity contribution in [3.63, 3.8) is 0 Å². The summed E-state index contributed by atoms with van der Waals surface area (Å²) in [7, 11) is 3.79. The molecular weight excluding hydrogens is 240 g/mol. The number of nitrogens with zero attached hydrogens (tertiary/aromatic N) is 1. The standard InChI is InChI=1S/C15H22N2O2/c1-17-8-12(9-17)19-13-4-3-11(7-14(13)18-2)15(10-16)5-6-15/h3-4,7,12H,5-6,8-10,16H2,1-2H3. The largest absolute Gasteiger partial charge is 0.493 e. The summed E-state index contributed by atoms with van der Waals surface area (Å²) in [6.45, 7) is 2.68. The van der Waals surface area contributed by atoms with Crippen LogP contribution in [0.2, 0.25) is 0 Å². The monoisotopic (exact) mass is 262 g/mol. The van der Waals surface area contributed by atoms with E-state index < -0.39 is 0 Å². The lowest BCUT2D eigenvalue weighted by molar-refractivity contribution is 0.0369. The van der Waals surface area contributed by atoms with Gasteiger partial charge >= 0.3 is 0 Å². The van der Waals surface area contributed by atoms with Crippen molar-refractivity contribution in [2.75, 3.05) is 33.8 Å². The van der Waals surface area contributed by atoms with Crippen LogP contribution in [-0.4, -0.2) is 44.8 Å². The topological polar surface area (TPSA) is 47.7 Å². The minimum atomic E-state index is 0.197. The lowest BCUT2D eigenvalue weighted by Gasteiger charge is -2.36. The first-order valence-electron chi connectivity index (χ1n) is 6.91. The molecule has 1 aliphatic heterocycles. The van der Waals surface area contributed by atoms with E-state index in [1.807, 2.05) is 6.07 Å². The van der Waals surface area contributed by atoms with E-state index >= 15 is 0 Å². The summed E-state index contributed by atoms with van der Waals surface area (Å²) in [6, 6.07) is 6.26. The predicted octanol–water partition coefficient (Wildman–Crippen LogP) is 1.38. The molecule has 2 aliphatic rings. The Bertz CT molecular complexity index is 465. The second-order valence-electron chi connectivity index (χ2n) is 5.81. The number of ether oxygens (including phenoxy) is 2. The van der Waals surface area contributed by atoms with E-state index in [1.54, 1.807) is 7.11 Å². The van der Waals surface area contributed by atoms with Gasteiger partial charge in [-0.05, 0) is 37.6 Å².